The van der Waals surface area contributed by atoms with Gasteiger partial charge >= 0.3 is 5.97 Å². The first-order valence-electron chi connectivity index (χ1n) is 6.13. The van der Waals surface area contributed by atoms with Crippen molar-refractivity contribution in [3.8, 4) is 0 Å². The lowest BCUT2D eigenvalue weighted by molar-refractivity contribution is -0.149. The average molecular weight is 261 g/mol. The van der Waals surface area contributed by atoms with Gasteiger partial charge in [-0.3, -0.25) is 4.79 Å². The lowest BCUT2D eigenvalue weighted by Crippen LogP contribution is -2.41. The number of carbonyl (C=O) groups excluding carboxylic acids is 1. The average Bonchev–Trinajstić information content (AvgIpc) is 2.21. The van der Waals surface area contributed by atoms with Gasteiger partial charge in [-0.05, 0) is 18.5 Å². The quantitative estimate of drug-likeness (QED) is 0.580. The molecule has 4 nitrogen and oxygen atoms in total. The van der Waals surface area contributed by atoms with E-state index in [1.807, 2.05) is 0 Å². The molecule has 0 aromatic rings. The predicted octanol–water partition coefficient (Wildman–Crippen LogP) is 1.40. The molecular formula is C12H27NO3Si. The van der Waals surface area contributed by atoms with Gasteiger partial charge in [-0.15, -0.1) is 0 Å². The van der Waals surface area contributed by atoms with Crippen LogP contribution in [0.5, 0.6) is 0 Å². The van der Waals surface area contributed by atoms with Crippen molar-refractivity contribution in [2.45, 2.75) is 33.9 Å². The minimum atomic E-state index is -1.08. The summed E-state index contributed by atoms with van der Waals surface area (Å²) >= 11 is 0. The number of rotatable bonds is 6. The van der Waals surface area contributed by atoms with Crippen LogP contribution in [-0.4, -0.2) is 35.3 Å². The number of hydrogen-bond acceptors (Lipinski definition) is 4. The molecule has 0 saturated carbocycles. The summed E-state index contributed by atoms with van der Waals surface area (Å²) in [6, 6.07) is 0. The van der Waals surface area contributed by atoms with Crippen LogP contribution in [0.4, 0.5) is 0 Å². The Hall–Kier alpha value is -0.393. The fraction of sp³-hybridized carbons (Fsp3) is 0.917. The summed E-state index contributed by atoms with van der Waals surface area (Å²) in [7, 11) is 0.322. The Morgan fingerprint density at radius 3 is 2.18 bits per heavy atom. The normalized spacial score (nSPS) is 15.8. The summed E-state index contributed by atoms with van der Waals surface area (Å²) in [6.45, 7) is 11.4. The zero-order valence-corrected chi connectivity index (χ0v) is 13.1. The molecule has 2 N–H and O–H groups in total. The van der Waals surface area contributed by atoms with Crippen LogP contribution in [0.1, 0.15) is 20.8 Å². The molecule has 2 atom stereocenters. The lowest BCUT2D eigenvalue weighted by atomic mass is 9.73. The monoisotopic (exact) mass is 261 g/mol. The second-order valence-electron chi connectivity index (χ2n) is 5.72. The molecule has 102 valence electrons. The van der Waals surface area contributed by atoms with Gasteiger partial charge < -0.3 is 14.9 Å². The first-order valence-corrected chi connectivity index (χ1v) is 8.91. The maximum Gasteiger partial charge on any atom is 0.310 e. The number of hydrogen-bond donors (Lipinski definition) is 1. The number of carbonyl (C=O) groups is 1. The standard InChI is InChI=1S/C12H27NO3Si/c1-12(2,3)10(8-16-17(5)6)9(7-13)11(14)15-4/h9-10,17H,7-8,13H2,1-6H3/t9-,10-/m1/s1. The molecule has 5 heteroatoms. The van der Waals surface area contributed by atoms with E-state index in [1.54, 1.807) is 0 Å². The van der Waals surface area contributed by atoms with E-state index in [1.165, 1.54) is 7.11 Å². The molecule has 0 spiro atoms. The summed E-state index contributed by atoms with van der Waals surface area (Å²) in [4.78, 5) is 11.7. The molecule has 0 radical (unpaired) electrons. The highest BCUT2D eigenvalue weighted by Crippen LogP contribution is 2.33. The number of methoxy groups -OCH3 is 1. The number of ether oxygens (including phenoxy) is 1. The highest BCUT2D eigenvalue weighted by molar-refractivity contribution is 6.48. The molecule has 0 aliphatic rings. The Labute approximate surface area is 107 Å². The Bertz CT molecular complexity index is 238. The molecule has 0 saturated heterocycles. The van der Waals surface area contributed by atoms with Crippen LogP contribution >= 0.6 is 0 Å². The largest absolute Gasteiger partial charge is 0.469 e. The van der Waals surface area contributed by atoms with Crippen molar-refractivity contribution in [2.24, 2.45) is 23.0 Å². The Kier molecular flexibility index (Phi) is 6.97. The predicted molar refractivity (Wildman–Crippen MR) is 72.3 cm³/mol. The number of esters is 1. The van der Waals surface area contributed by atoms with E-state index in [9.17, 15) is 4.79 Å². The van der Waals surface area contributed by atoms with Crippen LogP contribution < -0.4 is 5.73 Å². The summed E-state index contributed by atoms with van der Waals surface area (Å²) in [5, 5.41) is 0. The molecule has 0 fully saturated rings. The lowest BCUT2D eigenvalue weighted by Gasteiger charge is -2.35. The van der Waals surface area contributed by atoms with Crippen LogP contribution in [0.25, 0.3) is 0 Å². The SMILES string of the molecule is COC(=O)[C@H](CN)[C@@H](CO[SiH](C)C)C(C)(C)C. The third kappa shape index (κ3) is 5.65. The van der Waals surface area contributed by atoms with Crippen molar-refractivity contribution >= 4 is 15.0 Å². The van der Waals surface area contributed by atoms with E-state index >= 15 is 0 Å². The van der Waals surface area contributed by atoms with Gasteiger partial charge in [0.25, 0.3) is 0 Å². The molecule has 0 bridgehead atoms. The third-order valence-electron chi connectivity index (χ3n) is 2.97. The van der Waals surface area contributed by atoms with E-state index in [-0.39, 0.29) is 23.2 Å². The Morgan fingerprint density at radius 1 is 1.35 bits per heavy atom. The molecule has 0 aromatic carbocycles. The van der Waals surface area contributed by atoms with E-state index in [4.69, 9.17) is 14.9 Å². The van der Waals surface area contributed by atoms with Gasteiger partial charge in [-0.1, -0.05) is 20.8 Å². The van der Waals surface area contributed by atoms with Gasteiger partial charge in [0, 0.05) is 19.1 Å². The second kappa shape index (κ2) is 7.13. The molecular weight excluding hydrogens is 234 g/mol. The zero-order chi connectivity index (χ0) is 13.6. The molecule has 0 amide bonds. The summed E-state index contributed by atoms with van der Waals surface area (Å²) in [5.74, 6) is -0.427. The maximum absolute atomic E-state index is 11.7. The summed E-state index contributed by atoms with van der Waals surface area (Å²) in [6.07, 6.45) is 0. The van der Waals surface area contributed by atoms with Gasteiger partial charge in [-0.2, -0.15) is 0 Å². The van der Waals surface area contributed by atoms with Gasteiger partial charge in [-0.25, -0.2) is 0 Å². The Morgan fingerprint density at radius 2 is 1.88 bits per heavy atom. The molecule has 17 heavy (non-hydrogen) atoms. The van der Waals surface area contributed by atoms with E-state index in [2.05, 4.69) is 33.9 Å². The van der Waals surface area contributed by atoms with Crippen LogP contribution in [0.15, 0.2) is 0 Å². The highest BCUT2D eigenvalue weighted by Gasteiger charge is 2.36. The van der Waals surface area contributed by atoms with Crippen molar-refractivity contribution in [2.75, 3.05) is 20.3 Å². The third-order valence-corrected chi connectivity index (χ3v) is 3.82. The smallest absolute Gasteiger partial charge is 0.310 e. The molecule has 0 aromatic heterocycles. The molecule has 0 aliphatic heterocycles. The minimum Gasteiger partial charge on any atom is -0.469 e. The fourth-order valence-electron chi connectivity index (χ4n) is 1.84. The van der Waals surface area contributed by atoms with Gasteiger partial charge in [0.05, 0.1) is 13.0 Å². The first kappa shape index (κ1) is 16.6. The van der Waals surface area contributed by atoms with Gasteiger partial charge in [0.1, 0.15) is 0 Å². The van der Waals surface area contributed by atoms with Gasteiger partial charge in [0.2, 0.25) is 0 Å². The second-order valence-corrected chi connectivity index (χ2v) is 8.15. The van der Waals surface area contributed by atoms with E-state index in [0.717, 1.165) is 0 Å². The van der Waals surface area contributed by atoms with Gasteiger partial charge in [0.15, 0.2) is 9.04 Å². The molecule has 0 rings (SSSR count). The van der Waals surface area contributed by atoms with Crippen molar-refractivity contribution in [3.05, 3.63) is 0 Å². The van der Waals surface area contributed by atoms with Crippen molar-refractivity contribution in [1.82, 2.24) is 0 Å². The number of nitrogens with two attached hydrogens (primary N) is 1. The van der Waals surface area contributed by atoms with E-state index < -0.39 is 9.04 Å². The Balaban J connectivity index is 4.82. The maximum atomic E-state index is 11.7. The van der Waals surface area contributed by atoms with E-state index in [0.29, 0.717) is 13.2 Å². The highest BCUT2D eigenvalue weighted by atomic mass is 28.3. The minimum absolute atomic E-state index is 0.0263. The van der Waals surface area contributed by atoms with Crippen LogP contribution in [0.2, 0.25) is 13.1 Å². The summed E-state index contributed by atoms with van der Waals surface area (Å²) in [5.41, 5.74) is 5.68. The van der Waals surface area contributed by atoms with Crippen molar-refractivity contribution in [3.63, 3.8) is 0 Å². The zero-order valence-electron chi connectivity index (χ0n) is 11.9. The van der Waals surface area contributed by atoms with Crippen LogP contribution in [0, 0.1) is 17.3 Å². The van der Waals surface area contributed by atoms with Crippen LogP contribution in [0.3, 0.4) is 0 Å². The van der Waals surface area contributed by atoms with Crippen molar-refractivity contribution in [1.29, 1.82) is 0 Å². The van der Waals surface area contributed by atoms with Crippen LogP contribution in [-0.2, 0) is 14.0 Å². The molecule has 0 aliphatic carbocycles. The first-order chi connectivity index (χ1) is 7.73. The molecule has 0 unspecified atom stereocenters. The van der Waals surface area contributed by atoms with Crippen molar-refractivity contribution < 1.29 is 14.0 Å². The molecule has 0 heterocycles. The fourth-order valence-corrected chi connectivity index (χ4v) is 2.43. The topological polar surface area (TPSA) is 61.5 Å². The summed E-state index contributed by atoms with van der Waals surface area (Å²) < 4.78 is 10.6.